The van der Waals surface area contributed by atoms with Crippen LogP contribution in [-0.2, 0) is 5.41 Å². The van der Waals surface area contributed by atoms with Gasteiger partial charge >= 0.3 is 0 Å². The third kappa shape index (κ3) is 4.07. The third-order valence-corrected chi connectivity index (χ3v) is 11.0. The second-order valence-corrected chi connectivity index (χ2v) is 13.9. The van der Waals surface area contributed by atoms with Gasteiger partial charge in [0.2, 0.25) is 0 Å². The Morgan fingerprint density at radius 2 is 0.740 bits per heavy atom. The van der Waals surface area contributed by atoms with Crippen molar-refractivity contribution in [1.29, 1.82) is 0 Å². The first-order valence-corrected chi connectivity index (χ1v) is 17.5. The molecule has 1 heterocycles. The van der Waals surface area contributed by atoms with Crippen LogP contribution in [0.2, 0.25) is 0 Å². The Hall–Kier alpha value is -6.18. The lowest BCUT2D eigenvalue weighted by Gasteiger charge is -2.30. The van der Waals surface area contributed by atoms with Crippen molar-refractivity contribution in [2.24, 2.45) is 0 Å². The van der Waals surface area contributed by atoms with E-state index in [0.717, 1.165) is 5.69 Å². The van der Waals surface area contributed by atoms with Crippen LogP contribution < -0.4 is 0 Å². The Bertz CT molecular complexity index is 2450. The first kappa shape index (κ1) is 28.8. The number of hydrogen-bond acceptors (Lipinski definition) is 0. The van der Waals surface area contributed by atoms with Crippen molar-refractivity contribution in [3.05, 3.63) is 209 Å². The SMILES string of the molecule is Cc1ccc(-c2ccc(-c3ccc(C)cc3)n2-c2ccc(-c3ccc4c(c3)C3(c5ccccc5-c5ccccc53)c3ccccc3-4)cc2)cc1. The van der Waals surface area contributed by atoms with E-state index in [1.807, 2.05) is 0 Å². The van der Waals surface area contributed by atoms with Gasteiger partial charge < -0.3 is 4.57 Å². The Morgan fingerprint density at radius 1 is 0.340 bits per heavy atom. The van der Waals surface area contributed by atoms with Gasteiger partial charge in [0.25, 0.3) is 0 Å². The molecule has 0 aliphatic heterocycles. The summed E-state index contributed by atoms with van der Waals surface area (Å²) in [6.45, 7) is 4.28. The molecule has 7 aromatic carbocycles. The molecule has 1 aromatic heterocycles. The number of hydrogen-bond donors (Lipinski definition) is 0. The van der Waals surface area contributed by atoms with E-state index in [4.69, 9.17) is 0 Å². The first-order valence-electron chi connectivity index (χ1n) is 17.5. The summed E-state index contributed by atoms with van der Waals surface area (Å²) in [6.07, 6.45) is 0. The van der Waals surface area contributed by atoms with E-state index in [-0.39, 0.29) is 5.41 Å². The standard InChI is InChI=1S/C49H35N/c1-32-15-19-35(20-16-32)47-29-30-48(36-21-17-33(2)18-22-36)50(47)38-26-23-34(24-27-38)37-25-28-42-41-11-5-8-14-45(41)49(46(42)31-37)43-12-6-3-9-39(43)40-10-4-7-13-44(40)49/h3-31H,1-2H3. The summed E-state index contributed by atoms with van der Waals surface area (Å²) in [5, 5.41) is 0. The number of nitrogens with zero attached hydrogens (tertiary/aromatic N) is 1. The molecule has 0 bridgehead atoms. The normalized spacial score (nSPS) is 13.2. The summed E-state index contributed by atoms with van der Waals surface area (Å²) in [5.74, 6) is 0. The van der Waals surface area contributed by atoms with Crippen molar-refractivity contribution in [1.82, 2.24) is 4.57 Å². The minimum atomic E-state index is -0.341. The molecule has 0 N–H and O–H groups in total. The van der Waals surface area contributed by atoms with E-state index in [1.54, 1.807) is 0 Å². The van der Waals surface area contributed by atoms with E-state index in [2.05, 4.69) is 194 Å². The van der Waals surface area contributed by atoms with E-state index in [9.17, 15) is 0 Å². The van der Waals surface area contributed by atoms with Gasteiger partial charge in [0.1, 0.15) is 0 Å². The molecule has 10 rings (SSSR count). The fraction of sp³-hybridized carbons (Fsp3) is 0.0612. The van der Waals surface area contributed by atoms with Gasteiger partial charge in [-0.15, -0.1) is 0 Å². The van der Waals surface area contributed by atoms with Gasteiger partial charge in [-0.2, -0.15) is 0 Å². The maximum Gasteiger partial charge on any atom is 0.0725 e. The number of rotatable bonds is 4. The lowest BCUT2D eigenvalue weighted by atomic mass is 9.70. The smallest absolute Gasteiger partial charge is 0.0725 e. The van der Waals surface area contributed by atoms with Gasteiger partial charge in [-0.3, -0.25) is 0 Å². The highest BCUT2D eigenvalue weighted by atomic mass is 15.0. The minimum absolute atomic E-state index is 0.341. The van der Waals surface area contributed by atoms with Gasteiger partial charge in [-0.05, 0) is 111 Å². The Kier molecular flexibility index (Phi) is 6.29. The molecule has 0 amide bonds. The number of aromatic nitrogens is 1. The maximum absolute atomic E-state index is 2.47. The van der Waals surface area contributed by atoms with E-state index >= 15 is 0 Å². The van der Waals surface area contributed by atoms with E-state index < -0.39 is 0 Å². The molecule has 0 saturated heterocycles. The van der Waals surface area contributed by atoms with Crippen LogP contribution in [0, 0.1) is 13.8 Å². The molecule has 2 aliphatic rings. The summed E-state index contributed by atoms with van der Waals surface area (Å²) in [4.78, 5) is 0. The average molecular weight is 638 g/mol. The van der Waals surface area contributed by atoms with E-state index in [0.29, 0.717) is 0 Å². The summed E-state index contributed by atoms with van der Waals surface area (Å²) in [5.41, 5.74) is 21.4. The summed E-state index contributed by atoms with van der Waals surface area (Å²) < 4.78 is 2.40. The molecule has 1 spiro atoms. The number of aryl methyl sites for hydroxylation is 2. The van der Waals surface area contributed by atoms with Crippen molar-refractivity contribution in [3.63, 3.8) is 0 Å². The Balaban J connectivity index is 1.12. The molecular formula is C49H35N. The fourth-order valence-corrected chi connectivity index (χ4v) is 8.69. The maximum atomic E-state index is 2.47. The fourth-order valence-electron chi connectivity index (χ4n) is 8.69. The molecule has 0 radical (unpaired) electrons. The molecular weight excluding hydrogens is 603 g/mol. The third-order valence-electron chi connectivity index (χ3n) is 11.0. The van der Waals surface area contributed by atoms with Crippen molar-refractivity contribution in [3.8, 4) is 61.6 Å². The summed E-state index contributed by atoms with van der Waals surface area (Å²) in [7, 11) is 0. The molecule has 1 nitrogen and oxygen atoms in total. The van der Waals surface area contributed by atoms with Crippen molar-refractivity contribution < 1.29 is 0 Å². The highest BCUT2D eigenvalue weighted by Gasteiger charge is 2.51. The average Bonchev–Trinajstić information content (AvgIpc) is 3.83. The summed E-state index contributed by atoms with van der Waals surface area (Å²) >= 11 is 0. The van der Waals surface area contributed by atoms with Crippen LogP contribution in [0.15, 0.2) is 176 Å². The van der Waals surface area contributed by atoms with Crippen LogP contribution >= 0.6 is 0 Å². The largest absolute Gasteiger partial charge is 0.309 e. The molecule has 8 aromatic rings. The molecule has 0 saturated carbocycles. The van der Waals surface area contributed by atoms with Gasteiger partial charge in [0, 0.05) is 5.69 Å². The van der Waals surface area contributed by atoms with Crippen molar-refractivity contribution >= 4 is 0 Å². The first-order chi connectivity index (χ1) is 24.6. The topological polar surface area (TPSA) is 4.93 Å². The lowest BCUT2D eigenvalue weighted by Crippen LogP contribution is -2.25. The van der Waals surface area contributed by atoms with Crippen LogP contribution in [0.1, 0.15) is 33.4 Å². The zero-order chi connectivity index (χ0) is 33.4. The van der Waals surface area contributed by atoms with Gasteiger partial charge in [-0.1, -0.05) is 157 Å². The second-order valence-electron chi connectivity index (χ2n) is 13.9. The monoisotopic (exact) mass is 637 g/mol. The lowest BCUT2D eigenvalue weighted by molar-refractivity contribution is 0.794. The van der Waals surface area contributed by atoms with Crippen LogP contribution in [-0.4, -0.2) is 4.57 Å². The number of fused-ring (bicyclic) bond motifs is 10. The zero-order valence-corrected chi connectivity index (χ0v) is 28.2. The van der Waals surface area contributed by atoms with Crippen LogP contribution in [0.3, 0.4) is 0 Å². The molecule has 2 aliphatic carbocycles. The molecule has 0 unspecified atom stereocenters. The van der Waals surface area contributed by atoms with Gasteiger partial charge in [0.15, 0.2) is 0 Å². The quantitative estimate of drug-likeness (QED) is 0.181. The van der Waals surface area contributed by atoms with Gasteiger partial charge in [0.05, 0.1) is 16.8 Å². The molecule has 0 fully saturated rings. The molecule has 50 heavy (non-hydrogen) atoms. The Labute approximate surface area is 293 Å². The second kappa shape index (κ2) is 10.9. The zero-order valence-electron chi connectivity index (χ0n) is 28.2. The molecule has 236 valence electrons. The molecule has 0 atom stereocenters. The highest BCUT2D eigenvalue weighted by molar-refractivity contribution is 5.96. The van der Waals surface area contributed by atoms with Crippen molar-refractivity contribution in [2.45, 2.75) is 19.3 Å². The Morgan fingerprint density at radius 3 is 1.22 bits per heavy atom. The predicted molar refractivity (Wildman–Crippen MR) is 208 cm³/mol. The minimum Gasteiger partial charge on any atom is -0.309 e. The number of benzene rings is 7. The van der Waals surface area contributed by atoms with Crippen LogP contribution in [0.5, 0.6) is 0 Å². The van der Waals surface area contributed by atoms with Crippen LogP contribution in [0.25, 0.3) is 61.6 Å². The molecule has 1 heteroatoms. The van der Waals surface area contributed by atoms with Crippen molar-refractivity contribution in [2.75, 3.05) is 0 Å². The predicted octanol–water partition coefficient (Wildman–Crippen LogP) is 12.4. The van der Waals surface area contributed by atoms with Crippen LogP contribution in [0.4, 0.5) is 0 Å². The summed E-state index contributed by atoms with van der Waals surface area (Å²) in [6, 6.07) is 65.5. The van der Waals surface area contributed by atoms with E-state index in [1.165, 1.54) is 89.3 Å². The van der Waals surface area contributed by atoms with Gasteiger partial charge in [-0.25, -0.2) is 0 Å². The highest BCUT2D eigenvalue weighted by Crippen LogP contribution is 2.63.